The van der Waals surface area contributed by atoms with Gasteiger partial charge in [0.15, 0.2) is 16.8 Å². The smallest absolute Gasteiger partial charge is 0.323 e. The average Bonchev–Trinajstić information content (AvgIpc) is 3.30. The van der Waals surface area contributed by atoms with Crippen LogP contribution in [0.25, 0.3) is 22.4 Å². The molecule has 0 radical (unpaired) electrons. The lowest BCUT2D eigenvalue weighted by Gasteiger charge is -2.03. The van der Waals surface area contributed by atoms with E-state index in [4.69, 9.17) is 4.42 Å². The third-order valence-electron chi connectivity index (χ3n) is 4.10. The molecule has 0 amide bonds. The molecule has 0 atom stereocenters. The molecule has 9 heteroatoms. The van der Waals surface area contributed by atoms with Crippen molar-refractivity contribution in [1.82, 2.24) is 24.7 Å². The highest BCUT2D eigenvalue weighted by Gasteiger charge is 2.16. The Bertz CT molecular complexity index is 1170. The molecule has 26 heavy (non-hydrogen) atoms. The molecule has 3 heterocycles. The lowest BCUT2D eigenvalue weighted by molar-refractivity contribution is 0.102. The number of imidazole rings is 1. The number of nitrogens with zero attached hydrogens (tertiary/aromatic N) is 3. The number of aromatic amines is 2. The van der Waals surface area contributed by atoms with Gasteiger partial charge in [-0.3, -0.25) is 4.79 Å². The van der Waals surface area contributed by atoms with Crippen LogP contribution < -0.4 is 5.69 Å². The van der Waals surface area contributed by atoms with Crippen molar-refractivity contribution in [3.63, 3.8) is 0 Å². The number of aromatic nitrogens is 5. The minimum Gasteiger partial charge on any atom is -0.469 e. The Hall–Kier alpha value is -3.07. The van der Waals surface area contributed by atoms with Crippen LogP contribution in [-0.4, -0.2) is 36.3 Å². The van der Waals surface area contributed by atoms with E-state index in [1.807, 2.05) is 24.6 Å². The molecule has 0 saturated carbocycles. The van der Waals surface area contributed by atoms with E-state index in [1.165, 1.54) is 11.8 Å². The zero-order valence-corrected chi connectivity index (χ0v) is 14.9. The van der Waals surface area contributed by atoms with Crippen LogP contribution in [0.3, 0.4) is 0 Å². The summed E-state index contributed by atoms with van der Waals surface area (Å²) in [5.74, 6) is 1.62. The second kappa shape index (κ2) is 6.34. The van der Waals surface area contributed by atoms with E-state index in [9.17, 15) is 9.59 Å². The number of carbonyl (C=O) groups excluding carboxylic acids is 1. The molecule has 0 bridgehead atoms. The van der Waals surface area contributed by atoms with Crippen LogP contribution in [0.4, 0.5) is 0 Å². The van der Waals surface area contributed by atoms with Crippen molar-refractivity contribution in [2.24, 2.45) is 7.05 Å². The molecular weight excluding hydrogens is 354 g/mol. The highest BCUT2D eigenvalue weighted by Crippen LogP contribution is 2.26. The molecule has 0 aliphatic heterocycles. The Morgan fingerprint density at radius 2 is 2.04 bits per heavy atom. The van der Waals surface area contributed by atoms with E-state index >= 15 is 0 Å². The number of hydrogen-bond acceptors (Lipinski definition) is 6. The zero-order valence-electron chi connectivity index (χ0n) is 14.1. The summed E-state index contributed by atoms with van der Waals surface area (Å²) in [6.45, 7) is 1.86. The monoisotopic (exact) mass is 369 g/mol. The van der Waals surface area contributed by atoms with Gasteiger partial charge in [0.25, 0.3) is 0 Å². The number of carbonyl (C=O) groups is 1. The van der Waals surface area contributed by atoms with Crippen LogP contribution in [0.1, 0.15) is 16.1 Å². The predicted octanol–water partition coefficient (Wildman–Crippen LogP) is 2.53. The Morgan fingerprint density at radius 1 is 1.23 bits per heavy atom. The average molecular weight is 369 g/mol. The van der Waals surface area contributed by atoms with Crippen molar-refractivity contribution in [2.45, 2.75) is 12.1 Å². The summed E-state index contributed by atoms with van der Waals surface area (Å²) < 4.78 is 7.14. The molecular formula is C17H15N5O3S. The quantitative estimate of drug-likeness (QED) is 0.413. The molecule has 4 rings (SSSR count). The van der Waals surface area contributed by atoms with Crippen molar-refractivity contribution < 1.29 is 9.21 Å². The number of hydrogen-bond donors (Lipinski definition) is 2. The first-order chi connectivity index (χ1) is 12.5. The van der Waals surface area contributed by atoms with Gasteiger partial charge in [0.05, 0.1) is 28.6 Å². The summed E-state index contributed by atoms with van der Waals surface area (Å²) in [4.78, 5) is 29.1. The van der Waals surface area contributed by atoms with E-state index in [0.29, 0.717) is 27.6 Å². The topological polar surface area (TPSA) is 110 Å². The van der Waals surface area contributed by atoms with Gasteiger partial charge in [-0.2, -0.15) is 0 Å². The van der Waals surface area contributed by atoms with E-state index in [0.717, 1.165) is 11.3 Å². The minimum atomic E-state index is -0.292. The SMILES string of the molecule is Cc1occc1-c1nnc(SCC(=O)c2ccc3[nH]c(=O)[nH]c3c2)n1C. The lowest BCUT2D eigenvalue weighted by Crippen LogP contribution is -2.04. The molecule has 4 aromatic rings. The molecule has 0 fully saturated rings. The molecule has 0 spiro atoms. The van der Waals surface area contributed by atoms with Gasteiger partial charge in [0.2, 0.25) is 0 Å². The number of fused-ring (bicyclic) bond motifs is 1. The second-order valence-electron chi connectivity index (χ2n) is 5.81. The second-order valence-corrected chi connectivity index (χ2v) is 6.75. The zero-order chi connectivity index (χ0) is 18.3. The van der Waals surface area contributed by atoms with Crippen LogP contribution in [0, 0.1) is 6.92 Å². The van der Waals surface area contributed by atoms with Gasteiger partial charge in [-0.05, 0) is 31.2 Å². The van der Waals surface area contributed by atoms with Crippen molar-refractivity contribution in [3.8, 4) is 11.4 Å². The Morgan fingerprint density at radius 3 is 2.81 bits per heavy atom. The fraction of sp³-hybridized carbons (Fsp3) is 0.176. The molecule has 0 aliphatic rings. The number of rotatable bonds is 5. The molecule has 3 aromatic heterocycles. The summed E-state index contributed by atoms with van der Waals surface area (Å²) >= 11 is 1.31. The van der Waals surface area contributed by atoms with E-state index in [-0.39, 0.29) is 17.2 Å². The highest BCUT2D eigenvalue weighted by molar-refractivity contribution is 7.99. The van der Waals surface area contributed by atoms with Crippen LogP contribution in [0.5, 0.6) is 0 Å². The maximum Gasteiger partial charge on any atom is 0.323 e. The first-order valence-corrected chi connectivity index (χ1v) is 8.83. The van der Waals surface area contributed by atoms with E-state index in [2.05, 4.69) is 20.2 Å². The summed E-state index contributed by atoms with van der Waals surface area (Å²) in [5, 5.41) is 9.00. The maximum absolute atomic E-state index is 12.5. The fourth-order valence-electron chi connectivity index (χ4n) is 2.71. The predicted molar refractivity (Wildman–Crippen MR) is 97.4 cm³/mol. The molecule has 132 valence electrons. The molecule has 2 N–H and O–H groups in total. The summed E-state index contributed by atoms with van der Waals surface area (Å²) in [6, 6.07) is 6.93. The van der Waals surface area contributed by atoms with Crippen molar-refractivity contribution in [1.29, 1.82) is 0 Å². The number of nitrogens with one attached hydrogen (secondary N) is 2. The van der Waals surface area contributed by atoms with Gasteiger partial charge >= 0.3 is 5.69 Å². The molecule has 1 aromatic carbocycles. The largest absolute Gasteiger partial charge is 0.469 e. The first-order valence-electron chi connectivity index (χ1n) is 7.85. The lowest BCUT2D eigenvalue weighted by atomic mass is 10.1. The number of Topliss-reactive ketones (excluding diaryl/α,β-unsaturated/α-hetero) is 1. The summed E-state index contributed by atoms with van der Waals surface area (Å²) in [6.07, 6.45) is 1.61. The molecule has 0 saturated heterocycles. The third-order valence-corrected chi connectivity index (χ3v) is 5.13. The summed E-state index contributed by atoms with van der Waals surface area (Å²) in [5.41, 5.74) is 2.41. The van der Waals surface area contributed by atoms with Gasteiger partial charge in [0, 0.05) is 12.6 Å². The van der Waals surface area contributed by atoms with Crippen LogP contribution in [0.2, 0.25) is 0 Å². The Balaban J connectivity index is 1.51. The number of benzene rings is 1. The fourth-order valence-corrected chi connectivity index (χ4v) is 3.52. The Labute approximate surface area is 151 Å². The number of H-pyrrole nitrogens is 2. The number of thioether (sulfide) groups is 1. The highest BCUT2D eigenvalue weighted by atomic mass is 32.2. The third kappa shape index (κ3) is 2.86. The maximum atomic E-state index is 12.5. The van der Waals surface area contributed by atoms with E-state index in [1.54, 1.807) is 24.5 Å². The van der Waals surface area contributed by atoms with Gasteiger partial charge in [-0.25, -0.2) is 4.79 Å². The number of aryl methyl sites for hydroxylation is 1. The van der Waals surface area contributed by atoms with Gasteiger partial charge < -0.3 is 19.0 Å². The normalized spacial score (nSPS) is 11.3. The van der Waals surface area contributed by atoms with Crippen molar-refractivity contribution >= 4 is 28.6 Å². The van der Waals surface area contributed by atoms with Gasteiger partial charge in [0.1, 0.15) is 5.76 Å². The minimum absolute atomic E-state index is 0.0528. The van der Waals surface area contributed by atoms with Crippen LogP contribution in [-0.2, 0) is 7.05 Å². The van der Waals surface area contributed by atoms with E-state index < -0.39 is 0 Å². The molecule has 0 aliphatic carbocycles. The number of ketones is 1. The molecule has 0 unspecified atom stereocenters. The number of furan rings is 1. The first kappa shape index (κ1) is 16.4. The molecule has 8 nitrogen and oxygen atoms in total. The van der Waals surface area contributed by atoms with Crippen molar-refractivity contribution in [3.05, 3.63) is 52.3 Å². The van der Waals surface area contributed by atoms with Crippen LogP contribution >= 0.6 is 11.8 Å². The standard InChI is InChI=1S/C17H15N5O3S/c1-9-11(5-6-25-9)15-20-21-17(22(15)2)26-8-14(23)10-3-4-12-13(7-10)19-16(24)18-12/h3-7H,8H2,1-2H3,(H2,18,19,24). The van der Waals surface area contributed by atoms with Gasteiger partial charge in [-0.1, -0.05) is 11.8 Å². The van der Waals surface area contributed by atoms with Gasteiger partial charge in [-0.15, -0.1) is 10.2 Å². The van der Waals surface area contributed by atoms with Crippen molar-refractivity contribution in [2.75, 3.05) is 5.75 Å². The summed E-state index contributed by atoms with van der Waals surface area (Å²) in [7, 11) is 1.85. The Kier molecular flexibility index (Phi) is 4.00. The van der Waals surface area contributed by atoms with Crippen LogP contribution in [0.15, 0.2) is 44.9 Å².